The quantitative estimate of drug-likeness (QED) is 0.883. The maximum atomic E-state index is 9.21. The molecule has 7 heteroatoms. The lowest BCUT2D eigenvalue weighted by molar-refractivity contribution is 0.176. The first-order valence-electron chi connectivity index (χ1n) is 7.30. The van der Waals surface area contributed by atoms with Crippen molar-refractivity contribution in [3.63, 3.8) is 0 Å². The number of nitrogens with one attached hydrogen (secondary N) is 2. The van der Waals surface area contributed by atoms with E-state index in [-0.39, 0.29) is 30.9 Å². The Labute approximate surface area is 148 Å². The molecule has 23 heavy (non-hydrogen) atoms. The standard InChI is InChI=1S/C16H20N4O.2ClH/c1-21-12-2-3-15-13(10-12)14(11-19-15)16(4-5-17)20-8-6-18-7-9-20;;/h2-3,10-11,16,18-19H,4,6-9H2,1H3;2*1H/t16-;;/m1../s1. The summed E-state index contributed by atoms with van der Waals surface area (Å²) in [7, 11) is 1.68. The number of aromatic nitrogens is 1. The lowest BCUT2D eigenvalue weighted by Gasteiger charge is -2.33. The van der Waals surface area contributed by atoms with Gasteiger partial charge in [-0.15, -0.1) is 24.8 Å². The Hall–Kier alpha value is -1.45. The molecule has 5 nitrogen and oxygen atoms in total. The summed E-state index contributed by atoms with van der Waals surface area (Å²) in [5.74, 6) is 0.847. The van der Waals surface area contributed by atoms with E-state index in [0.717, 1.165) is 42.8 Å². The predicted octanol–water partition coefficient (Wildman–Crippen LogP) is 2.88. The summed E-state index contributed by atoms with van der Waals surface area (Å²) < 4.78 is 5.33. The molecule has 2 N–H and O–H groups in total. The van der Waals surface area contributed by atoms with Crippen molar-refractivity contribution in [2.45, 2.75) is 12.5 Å². The topological polar surface area (TPSA) is 64.1 Å². The average Bonchev–Trinajstić information content (AvgIpc) is 2.96. The number of ether oxygens (including phenoxy) is 1. The number of H-pyrrole nitrogens is 1. The minimum Gasteiger partial charge on any atom is -0.497 e. The van der Waals surface area contributed by atoms with Gasteiger partial charge in [0.1, 0.15) is 5.75 Å². The number of piperazine rings is 1. The van der Waals surface area contributed by atoms with Crippen LogP contribution in [0.15, 0.2) is 24.4 Å². The number of rotatable bonds is 4. The van der Waals surface area contributed by atoms with Gasteiger partial charge < -0.3 is 15.0 Å². The van der Waals surface area contributed by atoms with Crippen LogP contribution >= 0.6 is 24.8 Å². The van der Waals surface area contributed by atoms with Gasteiger partial charge in [-0.3, -0.25) is 4.90 Å². The van der Waals surface area contributed by atoms with E-state index >= 15 is 0 Å². The maximum absolute atomic E-state index is 9.21. The van der Waals surface area contributed by atoms with Gasteiger partial charge in [-0.1, -0.05) is 0 Å². The van der Waals surface area contributed by atoms with E-state index in [1.165, 1.54) is 5.56 Å². The molecule has 0 spiro atoms. The van der Waals surface area contributed by atoms with E-state index in [1.807, 2.05) is 24.4 Å². The fourth-order valence-electron chi connectivity index (χ4n) is 3.04. The number of benzene rings is 1. The number of nitrogens with zero attached hydrogens (tertiary/aromatic N) is 2. The second-order valence-corrected chi connectivity index (χ2v) is 5.32. The van der Waals surface area contributed by atoms with Crippen LogP contribution in [0.25, 0.3) is 10.9 Å². The molecule has 0 unspecified atom stereocenters. The zero-order valence-corrected chi connectivity index (χ0v) is 14.7. The molecule has 1 aliphatic rings. The summed E-state index contributed by atoms with van der Waals surface area (Å²) in [5, 5.41) is 13.7. The zero-order valence-electron chi connectivity index (χ0n) is 13.0. The number of hydrogen-bond donors (Lipinski definition) is 2. The number of hydrogen-bond acceptors (Lipinski definition) is 4. The Morgan fingerprint density at radius 3 is 2.70 bits per heavy atom. The SMILES string of the molecule is COc1ccc2[nH]cc([C@@H](CC#N)N3CCNCC3)c2c1.Cl.Cl. The first-order valence-corrected chi connectivity index (χ1v) is 7.30. The molecule has 0 aliphatic carbocycles. The van der Waals surface area contributed by atoms with Gasteiger partial charge in [-0.2, -0.15) is 5.26 Å². The maximum Gasteiger partial charge on any atom is 0.119 e. The van der Waals surface area contributed by atoms with Gasteiger partial charge in [-0.25, -0.2) is 0 Å². The monoisotopic (exact) mass is 356 g/mol. The number of methoxy groups -OCH3 is 1. The molecular weight excluding hydrogens is 335 g/mol. The van der Waals surface area contributed by atoms with Crippen LogP contribution in [0, 0.1) is 11.3 Å². The van der Waals surface area contributed by atoms with E-state index in [0.29, 0.717) is 6.42 Å². The molecule has 1 atom stereocenters. The summed E-state index contributed by atoms with van der Waals surface area (Å²) in [6, 6.07) is 8.50. The Morgan fingerprint density at radius 1 is 1.30 bits per heavy atom. The number of aromatic amines is 1. The van der Waals surface area contributed by atoms with E-state index in [1.54, 1.807) is 7.11 Å². The molecule has 0 radical (unpaired) electrons. The van der Waals surface area contributed by atoms with Gasteiger partial charge in [0.25, 0.3) is 0 Å². The second kappa shape index (κ2) is 8.99. The average molecular weight is 357 g/mol. The van der Waals surface area contributed by atoms with E-state index < -0.39 is 0 Å². The molecule has 0 amide bonds. The van der Waals surface area contributed by atoms with Gasteiger partial charge >= 0.3 is 0 Å². The van der Waals surface area contributed by atoms with E-state index in [2.05, 4.69) is 21.3 Å². The number of fused-ring (bicyclic) bond motifs is 1. The molecule has 0 saturated carbocycles. The molecule has 126 valence electrons. The first-order chi connectivity index (χ1) is 10.3. The molecule has 1 aromatic carbocycles. The van der Waals surface area contributed by atoms with Gasteiger partial charge in [0.15, 0.2) is 0 Å². The van der Waals surface area contributed by atoms with E-state index in [9.17, 15) is 5.26 Å². The summed E-state index contributed by atoms with van der Waals surface area (Å²) in [6.45, 7) is 3.91. The van der Waals surface area contributed by atoms with Gasteiger partial charge in [0, 0.05) is 49.3 Å². The molecule has 1 aromatic heterocycles. The molecule has 1 aliphatic heterocycles. The fraction of sp³-hybridized carbons (Fsp3) is 0.438. The van der Waals surface area contributed by atoms with Crippen molar-refractivity contribution in [1.29, 1.82) is 5.26 Å². The van der Waals surface area contributed by atoms with Crippen LogP contribution in [0.5, 0.6) is 5.75 Å². The lowest BCUT2D eigenvalue weighted by atomic mass is 10.0. The Bertz CT molecular complexity index is 662. The van der Waals surface area contributed by atoms with Crippen molar-refractivity contribution in [2.75, 3.05) is 33.3 Å². The minimum absolute atomic E-state index is 0. The second-order valence-electron chi connectivity index (χ2n) is 5.32. The predicted molar refractivity (Wildman–Crippen MR) is 96.8 cm³/mol. The zero-order chi connectivity index (χ0) is 14.7. The highest BCUT2D eigenvalue weighted by atomic mass is 35.5. The minimum atomic E-state index is 0. The summed E-state index contributed by atoms with van der Waals surface area (Å²) >= 11 is 0. The lowest BCUT2D eigenvalue weighted by Crippen LogP contribution is -2.45. The first kappa shape index (κ1) is 19.6. The third-order valence-electron chi connectivity index (χ3n) is 4.16. The van der Waals surface area contributed by atoms with Crippen molar-refractivity contribution in [3.8, 4) is 11.8 Å². The Kier molecular flexibility index (Phi) is 7.66. The van der Waals surface area contributed by atoms with E-state index in [4.69, 9.17) is 4.74 Å². The van der Waals surface area contributed by atoms with Crippen LogP contribution in [0.4, 0.5) is 0 Å². The van der Waals surface area contributed by atoms with Crippen molar-refractivity contribution >= 4 is 35.7 Å². The number of halogens is 2. The highest BCUT2D eigenvalue weighted by Crippen LogP contribution is 2.32. The highest BCUT2D eigenvalue weighted by Gasteiger charge is 2.24. The van der Waals surface area contributed by atoms with Crippen LogP contribution in [-0.2, 0) is 0 Å². The van der Waals surface area contributed by atoms with Crippen molar-refractivity contribution in [3.05, 3.63) is 30.0 Å². The Morgan fingerprint density at radius 2 is 2.04 bits per heavy atom. The fourth-order valence-corrected chi connectivity index (χ4v) is 3.04. The molecule has 2 heterocycles. The van der Waals surface area contributed by atoms with Crippen LogP contribution in [0.1, 0.15) is 18.0 Å². The summed E-state index contributed by atoms with van der Waals surface area (Å²) in [4.78, 5) is 5.70. The smallest absolute Gasteiger partial charge is 0.119 e. The summed E-state index contributed by atoms with van der Waals surface area (Å²) in [5.41, 5.74) is 2.27. The van der Waals surface area contributed by atoms with Gasteiger partial charge in [-0.05, 0) is 23.8 Å². The van der Waals surface area contributed by atoms with Crippen LogP contribution < -0.4 is 10.1 Å². The molecule has 1 saturated heterocycles. The molecular formula is C16H22Cl2N4O. The van der Waals surface area contributed by atoms with Crippen molar-refractivity contribution in [2.24, 2.45) is 0 Å². The van der Waals surface area contributed by atoms with Crippen molar-refractivity contribution < 1.29 is 4.74 Å². The van der Waals surface area contributed by atoms with Gasteiger partial charge in [0.05, 0.1) is 19.6 Å². The molecule has 2 aromatic rings. The van der Waals surface area contributed by atoms with Crippen LogP contribution in [0.2, 0.25) is 0 Å². The van der Waals surface area contributed by atoms with Crippen molar-refractivity contribution in [1.82, 2.24) is 15.2 Å². The van der Waals surface area contributed by atoms with Gasteiger partial charge in [0.2, 0.25) is 0 Å². The Balaban J connectivity index is 0.00000132. The number of nitriles is 1. The van der Waals surface area contributed by atoms with Crippen LogP contribution in [0.3, 0.4) is 0 Å². The summed E-state index contributed by atoms with van der Waals surface area (Å²) in [6.07, 6.45) is 2.54. The third kappa shape index (κ3) is 4.10. The molecule has 1 fully saturated rings. The largest absolute Gasteiger partial charge is 0.497 e. The van der Waals surface area contributed by atoms with Crippen LogP contribution in [-0.4, -0.2) is 43.2 Å². The molecule has 3 rings (SSSR count). The molecule has 0 bridgehead atoms. The highest BCUT2D eigenvalue weighted by molar-refractivity contribution is 5.86. The third-order valence-corrected chi connectivity index (χ3v) is 4.16. The normalized spacial score (nSPS) is 16.0.